The fourth-order valence-corrected chi connectivity index (χ4v) is 1.16. The van der Waals surface area contributed by atoms with Crippen LogP contribution in [0.25, 0.3) is 0 Å². The van der Waals surface area contributed by atoms with Crippen LogP contribution in [0.1, 0.15) is 19.3 Å². The number of alkyl halides is 3. The zero-order valence-corrected chi connectivity index (χ0v) is 8.18. The standard InChI is InChI=1S/C7H13N.C2HF3O2/c1-2-4-7-5-3-6-8-7;3-2(4,5)1(6)7/h2,7-8H,1,3-6H2;(H,6,7). The third-order valence-electron chi connectivity index (χ3n) is 1.86. The van der Waals surface area contributed by atoms with Crippen molar-refractivity contribution in [2.45, 2.75) is 31.5 Å². The van der Waals surface area contributed by atoms with Crippen LogP contribution in [0.3, 0.4) is 0 Å². The molecule has 1 unspecified atom stereocenters. The number of hydrogen-bond donors (Lipinski definition) is 2. The maximum Gasteiger partial charge on any atom is 0.490 e. The van der Waals surface area contributed by atoms with Crippen LogP contribution in [0, 0.1) is 0 Å². The predicted molar refractivity (Wildman–Crippen MR) is 49.5 cm³/mol. The molecule has 1 heterocycles. The first-order valence-electron chi connectivity index (χ1n) is 4.52. The van der Waals surface area contributed by atoms with Gasteiger partial charge in [0, 0.05) is 6.04 Å². The van der Waals surface area contributed by atoms with Gasteiger partial charge in [0.1, 0.15) is 0 Å². The molecule has 1 saturated heterocycles. The SMILES string of the molecule is C=CCC1CCCN1.O=C(O)C(F)(F)F. The van der Waals surface area contributed by atoms with Crippen LogP contribution in [0.4, 0.5) is 13.2 Å². The summed E-state index contributed by atoms with van der Waals surface area (Å²) in [6.07, 6.45) is 0.730. The van der Waals surface area contributed by atoms with E-state index >= 15 is 0 Å². The summed E-state index contributed by atoms with van der Waals surface area (Å²) >= 11 is 0. The topological polar surface area (TPSA) is 49.3 Å². The number of rotatable bonds is 2. The van der Waals surface area contributed by atoms with E-state index in [1.165, 1.54) is 19.4 Å². The number of carbonyl (C=O) groups is 1. The Morgan fingerprint density at radius 1 is 1.60 bits per heavy atom. The lowest BCUT2D eigenvalue weighted by Gasteiger charge is -2.03. The predicted octanol–water partition coefficient (Wildman–Crippen LogP) is 1.95. The molecule has 1 fully saturated rings. The monoisotopic (exact) mass is 225 g/mol. The van der Waals surface area contributed by atoms with E-state index in [2.05, 4.69) is 11.9 Å². The minimum atomic E-state index is -5.08. The van der Waals surface area contributed by atoms with E-state index in [0.717, 1.165) is 12.5 Å². The molecule has 1 aliphatic heterocycles. The van der Waals surface area contributed by atoms with Crippen molar-refractivity contribution in [1.29, 1.82) is 0 Å². The fraction of sp³-hybridized carbons (Fsp3) is 0.667. The van der Waals surface area contributed by atoms with Crippen molar-refractivity contribution >= 4 is 5.97 Å². The molecule has 88 valence electrons. The summed E-state index contributed by atoms with van der Waals surface area (Å²) in [5, 5.41) is 10.5. The number of aliphatic carboxylic acids is 1. The molecule has 0 spiro atoms. The number of halogens is 3. The molecule has 0 bridgehead atoms. The van der Waals surface area contributed by atoms with Crippen molar-refractivity contribution < 1.29 is 23.1 Å². The van der Waals surface area contributed by atoms with Gasteiger partial charge >= 0.3 is 12.1 Å². The van der Waals surface area contributed by atoms with E-state index in [4.69, 9.17) is 9.90 Å². The van der Waals surface area contributed by atoms with Crippen LogP contribution < -0.4 is 5.32 Å². The van der Waals surface area contributed by atoms with Gasteiger partial charge in [-0.05, 0) is 25.8 Å². The third kappa shape index (κ3) is 6.96. The maximum atomic E-state index is 10.6. The molecule has 0 aromatic rings. The molecular weight excluding hydrogens is 211 g/mol. The quantitative estimate of drug-likeness (QED) is 0.706. The molecule has 1 aliphatic rings. The Morgan fingerprint density at radius 2 is 2.13 bits per heavy atom. The Kier molecular flexibility index (Phi) is 6.00. The number of carboxylic acid groups (broad SMARTS) is 1. The smallest absolute Gasteiger partial charge is 0.475 e. The van der Waals surface area contributed by atoms with Crippen LogP contribution in [0.15, 0.2) is 12.7 Å². The number of nitrogens with one attached hydrogen (secondary N) is 1. The van der Waals surface area contributed by atoms with Crippen LogP contribution in [-0.4, -0.2) is 29.8 Å². The van der Waals surface area contributed by atoms with Gasteiger partial charge in [-0.1, -0.05) is 6.08 Å². The highest BCUT2D eigenvalue weighted by Gasteiger charge is 2.38. The zero-order valence-electron chi connectivity index (χ0n) is 8.18. The first kappa shape index (κ1) is 14.0. The molecule has 3 nitrogen and oxygen atoms in total. The Morgan fingerprint density at radius 3 is 2.40 bits per heavy atom. The van der Waals surface area contributed by atoms with Crippen LogP contribution >= 0.6 is 0 Å². The van der Waals surface area contributed by atoms with Gasteiger partial charge in [0.2, 0.25) is 0 Å². The summed E-state index contributed by atoms with van der Waals surface area (Å²) in [6, 6.07) is 0.743. The second-order valence-electron chi connectivity index (χ2n) is 3.12. The van der Waals surface area contributed by atoms with Crippen molar-refractivity contribution in [2.24, 2.45) is 0 Å². The highest BCUT2D eigenvalue weighted by Crippen LogP contribution is 2.13. The molecule has 2 N–H and O–H groups in total. The third-order valence-corrected chi connectivity index (χ3v) is 1.86. The van der Waals surface area contributed by atoms with Gasteiger partial charge < -0.3 is 10.4 Å². The van der Waals surface area contributed by atoms with Gasteiger partial charge in [0.05, 0.1) is 0 Å². The van der Waals surface area contributed by atoms with E-state index in [1.807, 2.05) is 6.08 Å². The summed E-state index contributed by atoms with van der Waals surface area (Å²) in [6.45, 7) is 4.89. The molecule has 0 aliphatic carbocycles. The summed E-state index contributed by atoms with van der Waals surface area (Å²) in [5.41, 5.74) is 0. The lowest BCUT2D eigenvalue weighted by molar-refractivity contribution is -0.192. The van der Waals surface area contributed by atoms with Gasteiger partial charge in [-0.2, -0.15) is 13.2 Å². The second-order valence-corrected chi connectivity index (χ2v) is 3.12. The Labute approximate surface area is 86.0 Å². The molecule has 1 atom stereocenters. The van der Waals surface area contributed by atoms with Gasteiger partial charge in [0.25, 0.3) is 0 Å². The normalized spacial score (nSPS) is 20.3. The van der Waals surface area contributed by atoms with Crippen LogP contribution in [0.5, 0.6) is 0 Å². The lowest BCUT2D eigenvalue weighted by atomic mass is 10.2. The molecule has 0 aromatic heterocycles. The van der Waals surface area contributed by atoms with E-state index in [1.54, 1.807) is 0 Å². The molecule has 15 heavy (non-hydrogen) atoms. The molecule has 0 amide bonds. The van der Waals surface area contributed by atoms with Gasteiger partial charge in [-0.15, -0.1) is 6.58 Å². The van der Waals surface area contributed by atoms with Crippen molar-refractivity contribution in [2.75, 3.05) is 6.54 Å². The van der Waals surface area contributed by atoms with Crippen LogP contribution in [-0.2, 0) is 4.79 Å². The number of hydrogen-bond acceptors (Lipinski definition) is 2. The molecule has 1 rings (SSSR count). The first-order chi connectivity index (χ1) is 6.88. The molecule has 0 saturated carbocycles. The largest absolute Gasteiger partial charge is 0.490 e. The van der Waals surface area contributed by atoms with E-state index in [9.17, 15) is 13.2 Å². The first-order valence-corrected chi connectivity index (χ1v) is 4.52. The van der Waals surface area contributed by atoms with Crippen molar-refractivity contribution in [3.63, 3.8) is 0 Å². The maximum absolute atomic E-state index is 10.6. The molecule has 0 radical (unpaired) electrons. The minimum absolute atomic E-state index is 0.743. The molecular formula is C9H14F3NO2. The second kappa shape index (κ2) is 6.44. The Hall–Kier alpha value is -1.04. The minimum Gasteiger partial charge on any atom is -0.475 e. The van der Waals surface area contributed by atoms with Gasteiger partial charge in [-0.3, -0.25) is 0 Å². The highest BCUT2D eigenvalue weighted by atomic mass is 19.4. The summed E-state index contributed by atoms with van der Waals surface area (Å²) in [7, 11) is 0. The van der Waals surface area contributed by atoms with E-state index in [-0.39, 0.29) is 0 Å². The van der Waals surface area contributed by atoms with Crippen molar-refractivity contribution in [3.05, 3.63) is 12.7 Å². The van der Waals surface area contributed by atoms with E-state index in [0.29, 0.717) is 0 Å². The highest BCUT2D eigenvalue weighted by molar-refractivity contribution is 5.73. The average molecular weight is 225 g/mol. The van der Waals surface area contributed by atoms with Crippen LogP contribution in [0.2, 0.25) is 0 Å². The molecule has 6 heteroatoms. The summed E-state index contributed by atoms with van der Waals surface area (Å²) in [5.74, 6) is -2.76. The summed E-state index contributed by atoms with van der Waals surface area (Å²) < 4.78 is 31.7. The zero-order chi connectivity index (χ0) is 11.9. The number of carboxylic acids is 1. The van der Waals surface area contributed by atoms with E-state index < -0.39 is 12.1 Å². The average Bonchev–Trinajstić information content (AvgIpc) is 2.57. The summed E-state index contributed by atoms with van der Waals surface area (Å²) in [4.78, 5) is 8.90. The Balaban J connectivity index is 0.000000265. The lowest BCUT2D eigenvalue weighted by Crippen LogP contribution is -2.21. The van der Waals surface area contributed by atoms with Crippen molar-refractivity contribution in [1.82, 2.24) is 5.32 Å². The Bertz CT molecular complexity index is 210. The van der Waals surface area contributed by atoms with Gasteiger partial charge in [-0.25, -0.2) is 4.79 Å². The van der Waals surface area contributed by atoms with Crippen molar-refractivity contribution in [3.8, 4) is 0 Å². The molecule has 0 aromatic carbocycles. The fourth-order valence-electron chi connectivity index (χ4n) is 1.16. The van der Waals surface area contributed by atoms with Gasteiger partial charge in [0.15, 0.2) is 0 Å².